The fourth-order valence-electron chi connectivity index (χ4n) is 7.73. The van der Waals surface area contributed by atoms with Crippen molar-refractivity contribution in [3.63, 3.8) is 0 Å². The first-order valence-corrected chi connectivity index (χ1v) is 27.3. The number of ether oxygens (including phenoxy) is 4. The maximum atomic E-state index is 12.9. The summed E-state index contributed by atoms with van der Waals surface area (Å²) in [5, 5.41) is 30.7. The molecule has 13 heteroatoms. The lowest BCUT2D eigenvalue weighted by molar-refractivity contribution is -0.301. The second kappa shape index (κ2) is 43.3. The zero-order chi connectivity index (χ0) is 47.5. The topological polar surface area (TPSA) is 178 Å². The van der Waals surface area contributed by atoms with Gasteiger partial charge in [0.15, 0.2) is 6.29 Å². The molecule has 0 aromatic rings. The zero-order valence-corrected chi connectivity index (χ0v) is 41.6. The number of aliphatic hydroxyl groups excluding tert-OH is 3. The van der Waals surface area contributed by atoms with Gasteiger partial charge in [-0.2, -0.15) is 8.42 Å². The minimum atomic E-state index is -5.07. The molecule has 0 saturated carbocycles. The van der Waals surface area contributed by atoms with Crippen LogP contribution < -0.4 is 0 Å². The summed E-state index contributed by atoms with van der Waals surface area (Å²) >= 11 is 0. The third kappa shape index (κ3) is 36.7. The number of carbonyl (C=O) groups excluding carboxylic acids is 1. The smallest absolute Gasteiger partial charge is 0.397 e. The monoisotopic (exact) mass is 943 g/mol. The first-order valence-electron chi connectivity index (χ1n) is 25.9. The number of aliphatic hydroxyl groups is 3. The van der Waals surface area contributed by atoms with Crippen molar-refractivity contribution in [2.24, 2.45) is 0 Å². The molecule has 6 atom stereocenters. The third-order valence-electron chi connectivity index (χ3n) is 11.7. The molecular weight excluding hydrogens is 849 g/mol. The van der Waals surface area contributed by atoms with Crippen LogP contribution in [0.5, 0.6) is 0 Å². The minimum absolute atomic E-state index is 0.0284. The summed E-state index contributed by atoms with van der Waals surface area (Å²) in [5.41, 5.74) is 0. The highest BCUT2D eigenvalue weighted by atomic mass is 32.3. The van der Waals surface area contributed by atoms with Gasteiger partial charge in [0.05, 0.1) is 19.8 Å². The van der Waals surface area contributed by atoms with Crippen LogP contribution in [0.15, 0.2) is 48.6 Å². The Morgan fingerprint density at radius 1 is 0.585 bits per heavy atom. The van der Waals surface area contributed by atoms with E-state index in [0.29, 0.717) is 13.0 Å². The molecule has 1 aliphatic rings. The molecule has 0 aromatic heterocycles. The third-order valence-corrected chi connectivity index (χ3v) is 12.1. The van der Waals surface area contributed by atoms with Crippen LogP contribution in [0.4, 0.5) is 0 Å². The Labute approximate surface area is 396 Å². The molecule has 0 bridgehead atoms. The SMILES string of the molecule is CCCCCCC/C=C\C/C=C\C/C=C\CCCCCCCCCCCOCC(COC1OC(CO)C(O)C(OS(=O)(=O)O)C1O)OC(=O)CCCCCCC/C=C\CCCCCCC. The van der Waals surface area contributed by atoms with Gasteiger partial charge in [0.25, 0.3) is 0 Å². The highest BCUT2D eigenvalue weighted by molar-refractivity contribution is 7.80. The average molecular weight is 943 g/mol. The van der Waals surface area contributed by atoms with E-state index in [0.717, 1.165) is 77.0 Å². The molecule has 0 spiro atoms. The number of esters is 1. The Morgan fingerprint density at radius 3 is 1.49 bits per heavy atom. The lowest BCUT2D eigenvalue weighted by Gasteiger charge is -2.41. The van der Waals surface area contributed by atoms with Gasteiger partial charge in [-0.05, 0) is 77.0 Å². The summed E-state index contributed by atoms with van der Waals surface area (Å²) in [5.74, 6) is -0.410. The van der Waals surface area contributed by atoms with E-state index >= 15 is 0 Å². The van der Waals surface area contributed by atoms with Gasteiger partial charge in [0.1, 0.15) is 30.5 Å². The number of hydrogen-bond donors (Lipinski definition) is 4. The van der Waals surface area contributed by atoms with Crippen LogP contribution in [0.2, 0.25) is 0 Å². The molecule has 1 aliphatic heterocycles. The summed E-state index contributed by atoms with van der Waals surface area (Å²) in [6, 6.07) is 0. The van der Waals surface area contributed by atoms with E-state index in [1.807, 2.05) is 0 Å². The molecular formula is C52H94O12S. The Morgan fingerprint density at radius 2 is 1.02 bits per heavy atom. The van der Waals surface area contributed by atoms with Crippen LogP contribution in [-0.4, -0.2) is 97.5 Å². The molecule has 0 amide bonds. The van der Waals surface area contributed by atoms with Crippen molar-refractivity contribution >= 4 is 16.4 Å². The first-order chi connectivity index (χ1) is 31.6. The van der Waals surface area contributed by atoms with Gasteiger partial charge in [-0.1, -0.05) is 178 Å². The Balaban J connectivity index is 2.34. The fourth-order valence-corrected chi connectivity index (χ4v) is 8.24. The van der Waals surface area contributed by atoms with Gasteiger partial charge in [0, 0.05) is 13.0 Å². The molecule has 65 heavy (non-hydrogen) atoms. The van der Waals surface area contributed by atoms with Crippen molar-refractivity contribution in [2.45, 2.75) is 250 Å². The largest absolute Gasteiger partial charge is 0.457 e. The first kappa shape index (κ1) is 61.1. The predicted molar refractivity (Wildman–Crippen MR) is 262 cm³/mol. The quantitative estimate of drug-likeness (QED) is 0.0197. The summed E-state index contributed by atoms with van der Waals surface area (Å²) in [4.78, 5) is 12.9. The number of unbranched alkanes of at least 4 members (excludes halogenated alkanes) is 24. The molecule has 380 valence electrons. The lowest BCUT2D eigenvalue weighted by atomic mass is 9.99. The normalized spacial score (nSPS) is 20.0. The van der Waals surface area contributed by atoms with Crippen LogP contribution in [0.3, 0.4) is 0 Å². The van der Waals surface area contributed by atoms with E-state index in [1.165, 1.54) is 109 Å². The number of hydrogen-bond acceptors (Lipinski definition) is 11. The fraction of sp³-hybridized carbons (Fsp3) is 0.827. The molecule has 0 radical (unpaired) electrons. The molecule has 6 unspecified atom stereocenters. The van der Waals surface area contributed by atoms with E-state index in [1.54, 1.807) is 0 Å². The molecule has 1 saturated heterocycles. The second-order valence-electron chi connectivity index (χ2n) is 17.8. The molecule has 1 heterocycles. The molecule has 0 aromatic carbocycles. The molecule has 4 N–H and O–H groups in total. The predicted octanol–water partition coefficient (Wildman–Crippen LogP) is 11.9. The molecule has 1 fully saturated rings. The van der Waals surface area contributed by atoms with Crippen molar-refractivity contribution in [1.82, 2.24) is 0 Å². The molecule has 1 rings (SSSR count). The van der Waals surface area contributed by atoms with Gasteiger partial charge in [-0.25, -0.2) is 4.18 Å². The van der Waals surface area contributed by atoms with E-state index in [-0.39, 0.29) is 19.6 Å². The van der Waals surface area contributed by atoms with Crippen LogP contribution in [0.25, 0.3) is 0 Å². The highest BCUT2D eigenvalue weighted by Crippen LogP contribution is 2.26. The van der Waals surface area contributed by atoms with E-state index in [2.05, 4.69) is 66.6 Å². The highest BCUT2D eigenvalue weighted by Gasteiger charge is 2.48. The summed E-state index contributed by atoms with van der Waals surface area (Å²) in [6.07, 6.45) is 44.3. The Kier molecular flexibility index (Phi) is 40.7. The van der Waals surface area contributed by atoms with Crippen molar-refractivity contribution in [2.75, 3.05) is 26.4 Å². The van der Waals surface area contributed by atoms with Crippen molar-refractivity contribution in [3.05, 3.63) is 48.6 Å². The number of carbonyl (C=O) groups is 1. The van der Waals surface area contributed by atoms with Crippen LogP contribution in [0, 0.1) is 0 Å². The second-order valence-corrected chi connectivity index (χ2v) is 18.8. The van der Waals surface area contributed by atoms with E-state index in [9.17, 15) is 33.1 Å². The van der Waals surface area contributed by atoms with Crippen LogP contribution >= 0.6 is 0 Å². The number of rotatable bonds is 45. The maximum Gasteiger partial charge on any atom is 0.397 e. The lowest BCUT2D eigenvalue weighted by Crippen LogP contribution is -2.60. The van der Waals surface area contributed by atoms with Crippen molar-refractivity contribution in [1.29, 1.82) is 0 Å². The van der Waals surface area contributed by atoms with Gasteiger partial charge in [-0.15, -0.1) is 0 Å². The van der Waals surface area contributed by atoms with Gasteiger partial charge < -0.3 is 34.3 Å². The Bertz CT molecular complexity index is 1320. The van der Waals surface area contributed by atoms with Crippen molar-refractivity contribution < 1.29 is 56.2 Å². The van der Waals surface area contributed by atoms with Crippen LogP contribution in [0.1, 0.15) is 213 Å². The summed E-state index contributed by atoms with van der Waals surface area (Å²) in [6.45, 7) is 3.96. The van der Waals surface area contributed by atoms with Crippen molar-refractivity contribution in [3.8, 4) is 0 Å². The average Bonchev–Trinajstić information content (AvgIpc) is 3.28. The summed E-state index contributed by atoms with van der Waals surface area (Å²) in [7, 11) is -5.07. The van der Waals surface area contributed by atoms with E-state index < -0.39 is 59.8 Å². The van der Waals surface area contributed by atoms with Crippen LogP contribution in [-0.2, 0) is 38.3 Å². The standard InChI is InChI=1S/C52H94O12S/c1-3-5-7-9-11-13-15-17-19-20-21-22-23-24-25-26-27-28-30-32-34-36-38-40-42-60-44-46(45-61-52-50(56)51(64-65(57,58)59)49(55)47(43-53)63-52)62-48(54)41-39-37-35-33-31-29-18-16-14-12-10-8-6-4-2/h15-18,20-21,23-24,46-47,49-53,55-56H,3-14,19,22,25-45H2,1-2H3,(H,57,58,59)/b17-15-,18-16-,21-20-,24-23-. The van der Waals surface area contributed by atoms with Gasteiger partial charge in [0.2, 0.25) is 0 Å². The summed E-state index contributed by atoms with van der Waals surface area (Å²) < 4.78 is 59.2. The molecule has 0 aliphatic carbocycles. The van der Waals surface area contributed by atoms with E-state index in [4.69, 9.17) is 18.9 Å². The van der Waals surface area contributed by atoms with Gasteiger partial charge >= 0.3 is 16.4 Å². The Hall–Kier alpha value is -1.94. The minimum Gasteiger partial charge on any atom is -0.457 e. The maximum absolute atomic E-state index is 12.9. The zero-order valence-electron chi connectivity index (χ0n) is 40.8. The van der Waals surface area contributed by atoms with Gasteiger partial charge in [-0.3, -0.25) is 9.35 Å². The number of allylic oxidation sites excluding steroid dienone is 8. The molecule has 12 nitrogen and oxygen atoms in total.